The zero-order valence-electron chi connectivity index (χ0n) is 10.9. The van der Waals surface area contributed by atoms with E-state index in [4.69, 9.17) is 33.7 Å². The Morgan fingerprint density at radius 2 is 2.00 bits per heavy atom. The average Bonchev–Trinajstić information content (AvgIpc) is 2.81. The lowest BCUT2D eigenvalue weighted by Crippen LogP contribution is -2.05. The Bertz CT molecular complexity index is 642. The third-order valence-corrected chi connectivity index (χ3v) is 4.24. The molecule has 3 rings (SSSR count). The molecular formula is C16H15Cl2NO. The van der Waals surface area contributed by atoms with Crippen LogP contribution in [0.15, 0.2) is 36.4 Å². The molecule has 0 fully saturated rings. The molecule has 2 N–H and O–H groups in total. The average molecular weight is 308 g/mol. The number of hydrogen-bond donors (Lipinski definition) is 1. The van der Waals surface area contributed by atoms with Gasteiger partial charge in [0.05, 0.1) is 0 Å². The topological polar surface area (TPSA) is 35.2 Å². The highest BCUT2D eigenvalue weighted by Crippen LogP contribution is 2.32. The number of aryl methyl sites for hydroxylation is 1. The predicted molar refractivity (Wildman–Crippen MR) is 82.5 cm³/mol. The molecule has 0 saturated heterocycles. The number of benzene rings is 2. The summed E-state index contributed by atoms with van der Waals surface area (Å²) in [5.74, 6) is 0.842. The number of nitrogens with two attached hydrogens (primary N) is 1. The van der Waals surface area contributed by atoms with Crippen molar-refractivity contribution in [2.45, 2.75) is 25.5 Å². The van der Waals surface area contributed by atoms with E-state index in [9.17, 15) is 0 Å². The number of hydrogen-bond acceptors (Lipinski definition) is 2. The molecule has 2 aromatic rings. The monoisotopic (exact) mass is 307 g/mol. The molecule has 0 saturated carbocycles. The molecule has 0 aliphatic heterocycles. The van der Waals surface area contributed by atoms with E-state index in [1.54, 1.807) is 12.1 Å². The molecule has 0 aromatic heterocycles. The van der Waals surface area contributed by atoms with E-state index >= 15 is 0 Å². The summed E-state index contributed by atoms with van der Waals surface area (Å²) in [5.41, 5.74) is 9.43. The van der Waals surface area contributed by atoms with Crippen LogP contribution < -0.4 is 10.5 Å². The number of halogens is 2. The zero-order valence-corrected chi connectivity index (χ0v) is 12.4. The van der Waals surface area contributed by atoms with E-state index in [0.29, 0.717) is 16.7 Å². The van der Waals surface area contributed by atoms with Crippen LogP contribution in [0.3, 0.4) is 0 Å². The summed E-state index contributed by atoms with van der Waals surface area (Å²) in [5, 5.41) is 1.32. The van der Waals surface area contributed by atoms with Crippen molar-refractivity contribution in [3.8, 4) is 5.75 Å². The van der Waals surface area contributed by atoms with Crippen LogP contribution in [0.1, 0.15) is 29.2 Å². The number of fused-ring (bicyclic) bond motifs is 1. The molecule has 2 aromatic carbocycles. The van der Waals surface area contributed by atoms with Gasteiger partial charge in [0.2, 0.25) is 0 Å². The van der Waals surface area contributed by atoms with Gasteiger partial charge >= 0.3 is 0 Å². The van der Waals surface area contributed by atoms with Gasteiger partial charge in [-0.15, -0.1) is 0 Å². The van der Waals surface area contributed by atoms with Gasteiger partial charge in [0.1, 0.15) is 12.4 Å². The second-order valence-corrected chi connectivity index (χ2v) is 5.87. The highest BCUT2D eigenvalue weighted by Gasteiger charge is 2.19. The highest BCUT2D eigenvalue weighted by molar-refractivity contribution is 6.33. The van der Waals surface area contributed by atoms with E-state index in [2.05, 4.69) is 12.1 Å². The molecule has 0 unspecified atom stereocenters. The summed E-state index contributed by atoms with van der Waals surface area (Å²) in [7, 11) is 0. The lowest BCUT2D eigenvalue weighted by atomic mass is 10.1. The normalized spacial score (nSPS) is 17.1. The van der Waals surface area contributed by atoms with Crippen LogP contribution in [-0.2, 0) is 13.0 Å². The summed E-state index contributed by atoms with van der Waals surface area (Å²) in [6, 6.07) is 11.6. The lowest BCUT2D eigenvalue weighted by Gasteiger charge is -2.10. The van der Waals surface area contributed by atoms with Crippen molar-refractivity contribution in [1.82, 2.24) is 0 Å². The quantitative estimate of drug-likeness (QED) is 0.905. The maximum absolute atomic E-state index is 6.12. The molecular weight excluding hydrogens is 293 g/mol. The number of rotatable bonds is 3. The van der Waals surface area contributed by atoms with Crippen LogP contribution in [0.5, 0.6) is 5.75 Å². The van der Waals surface area contributed by atoms with Crippen molar-refractivity contribution >= 4 is 23.2 Å². The van der Waals surface area contributed by atoms with Crippen molar-refractivity contribution in [3.63, 3.8) is 0 Å². The minimum absolute atomic E-state index is 0.168. The molecule has 1 atom stereocenters. The molecule has 0 spiro atoms. The summed E-state index contributed by atoms with van der Waals surface area (Å²) in [6.07, 6.45) is 2.03. The summed E-state index contributed by atoms with van der Waals surface area (Å²) >= 11 is 12.1. The maximum atomic E-state index is 6.12. The zero-order chi connectivity index (χ0) is 14.1. The summed E-state index contributed by atoms with van der Waals surface area (Å²) in [4.78, 5) is 0. The number of ether oxygens (including phenoxy) is 1. The van der Waals surface area contributed by atoms with Gasteiger partial charge in [-0.2, -0.15) is 0 Å². The Labute approximate surface area is 128 Å². The smallest absolute Gasteiger partial charge is 0.120 e. The molecule has 0 bridgehead atoms. The minimum Gasteiger partial charge on any atom is -0.489 e. The fourth-order valence-electron chi connectivity index (χ4n) is 2.53. The van der Waals surface area contributed by atoms with E-state index in [1.165, 1.54) is 11.1 Å². The Morgan fingerprint density at radius 3 is 2.85 bits per heavy atom. The first kappa shape index (κ1) is 13.7. The van der Waals surface area contributed by atoms with E-state index < -0.39 is 0 Å². The van der Waals surface area contributed by atoms with Crippen LogP contribution in [0, 0.1) is 0 Å². The molecule has 4 heteroatoms. The second kappa shape index (κ2) is 5.65. The molecule has 2 nitrogen and oxygen atoms in total. The van der Waals surface area contributed by atoms with Gasteiger partial charge in [0.15, 0.2) is 0 Å². The molecule has 0 radical (unpaired) electrons. The first-order valence-electron chi connectivity index (χ1n) is 6.58. The Kier molecular flexibility index (Phi) is 3.88. The Hall–Kier alpha value is -1.22. The highest BCUT2D eigenvalue weighted by atomic mass is 35.5. The van der Waals surface area contributed by atoms with Crippen LogP contribution in [0.25, 0.3) is 0 Å². The Balaban J connectivity index is 1.74. The summed E-state index contributed by atoms with van der Waals surface area (Å²) < 4.78 is 5.80. The van der Waals surface area contributed by atoms with Gasteiger partial charge in [0, 0.05) is 21.7 Å². The van der Waals surface area contributed by atoms with Crippen molar-refractivity contribution in [2.24, 2.45) is 5.73 Å². The molecule has 104 valence electrons. The van der Waals surface area contributed by atoms with E-state index in [-0.39, 0.29) is 6.04 Å². The van der Waals surface area contributed by atoms with Crippen LogP contribution in [0.2, 0.25) is 10.0 Å². The largest absolute Gasteiger partial charge is 0.489 e. The molecule has 20 heavy (non-hydrogen) atoms. The fraction of sp³-hybridized carbons (Fsp3) is 0.250. The van der Waals surface area contributed by atoms with Crippen molar-refractivity contribution in [2.75, 3.05) is 0 Å². The van der Waals surface area contributed by atoms with Crippen molar-refractivity contribution < 1.29 is 4.74 Å². The minimum atomic E-state index is 0.168. The van der Waals surface area contributed by atoms with Crippen LogP contribution >= 0.6 is 23.2 Å². The van der Waals surface area contributed by atoms with Gasteiger partial charge in [-0.1, -0.05) is 29.3 Å². The van der Waals surface area contributed by atoms with E-state index in [1.807, 2.05) is 12.1 Å². The maximum Gasteiger partial charge on any atom is 0.120 e. The van der Waals surface area contributed by atoms with Gasteiger partial charge < -0.3 is 10.5 Å². The third kappa shape index (κ3) is 2.78. The van der Waals surface area contributed by atoms with Gasteiger partial charge in [-0.25, -0.2) is 0 Å². The van der Waals surface area contributed by atoms with Crippen LogP contribution in [-0.4, -0.2) is 0 Å². The molecule has 0 amide bonds. The van der Waals surface area contributed by atoms with Crippen molar-refractivity contribution in [1.29, 1.82) is 0 Å². The van der Waals surface area contributed by atoms with Crippen molar-refractivity contribution in [3.05, 3.63) is 63.1 Å². The second-order valence-electron chi connectivity index (χ2n) is 5.03. The lowest BCUT2D eigenvalue weighted by molar-refractivity contribution is 0.306. The van der Waals surface area contributed by atoms with E-state index in [0.717, 1.165) is 24.2 Å². The summed E-state index contributed by atoms with van der Waals surface area (Å²) in [6.45, 7) is 0.407. The Morgan fingerprint density at radius 1 is 1.15 bits per heavy atom. The van der Waals surface area contributed by atoms with Gasteiger partial charge in [0.25, 0.3) is 0 Å². The molecule has 1 aliphatic carbocycles. The fourth-order valence-corrected chi connectivity index (χ4v) is 2.90. The SMILES string of the molecule is N[C@@H]1CCc2cc(OCc3cc(Cl)ccc3Cl)ccc21. The first-order chi connectivity index (χ1) is 9.63. The van der Waals surface area contributed by atoms with Gasteiger partial charge in [-0.3, -0.25) is 0 Å². The standard InChI is InChI=1S/C16H15Cl2NO/c17-12-2-5-15(18)11(7-12)9-20-13-3-4-14-10(8-13)1-6-16(14)19/h2-5,7-8,16H,1,6,9,19H2/t16-/m1/s1. The van der Waals surface area contributed by atoms with Gasteiger partial charge in [-0.05, 0) is 54.3 Å². The third-order valence-electron chi connectivity index (χ3n) is 3.64. The molecule has 1 aliphatic rings. The predicted octanol–water partition coefficient (Wildman–Crippen LogP) is 4.52. The molecule has 0 heterocycles. The first-order valence-corrected chi connectivity index (χ1v) is 7.34. The van der Waals surface area contributed by atoms with Crippen LogP contribution in [0.4, 0.5) is 0 Å².